The van der Waals surface area contributed by atoms with Gasteiger partial charge in [-0.25, -0.2) is 0 Å². The Kier molecular flexibility index (Phi) is 5.50. The van der Waals surface area contributed by atoms with Gasteiger partial charge in [-0.2, -0.15) is 0 Å². The summed E-state index contributed by atoms with van der Waals surface area (Å²) in [5.41, 5.74) is 0.265. The molecule has 0 aromatic heterocycles. The third-order valence-electron chi connectivity index (χ3n) is 3.99. The molecular formula is C16H33N. The first kappa shape index (κ1) is 15.0. The van der Waals surface area contributed by atoms with E-state index in [1.54, 1.807) is 0 Å². The van der Waals surface area contributed by atoms with E-state index in [0.717, 1.165) is 23.7 Å². The van der Waals surface area contributed by atoms with Gasteiger partial charge in [0.2, 0.25) is 0 Å². The number of hydrogen-bond acceptors (Lipinski definition) is 1. The van der Waals surface area contributed by atoms with Crippen LogP contribution in [0.1, 0.15) is 67.2 Å². The van der Waals surface area contributed by atoms with Gasteiger partial charge < -0.3 is 5.32 Å². The van der Waals surface area contributed by atoms with Crippen LogP contribution in [-0.4, -0.2) is 12.1 Å². The van der Waals surface area contributed by atoms with Crippen molar-refractivity contribution in [3.05, 3.63) is 0 Å². The zero-order valence-electron chi connectivity index (χ0n) is 12.8. The molecule has 0 spiro atoms. The van der Waals surface area contributed by atoms with Gasteiger partial charge in [-0.15, -0.1) is 0 Å². The number of nitrogens with one attached hydrogen (secondary N) is 1. The third-order valence-corrected chi connectivity index (χ3v) is 3.99. The van der Waals surface area contributed by atoms with Gasteiger partial charge in [-0.1, -0.05) is 20.8 Å². The van der Waals surface area contributed by atoms with Crippen molar-refractivity contribution in [1.82, 2.24) is 5.32 Å². The highest BCUT2D eigenvalue weighted by molar-refractivity contribution is 4.78. The quantitative estimate of drug-likeness (QED) is 0.763. The van der Waals surface area contributed by atoms with Crippen molar-refractivity contribution < 1.29 is 0 Å². The van der Waals surface area contributed by atoms with Crippen LogP contribution in [0.3, 0.4) is 0 Å². The van der Waals surface area contributed by atoms with E-state index >= 15 is 0 Å². The van der Waals surface area contributed by atoms with Gasteiger partial charge in [-0.3, -0.25) is 0 Å². The summed E-state index contributed by atoms with van der Waals surface area (Å²) < 4.78 is 0. The predicted molar refractivity (Wildman–Crippen MR) is 77.2 cm³/mol. The van der Waals surface area contributed by atoms with E-state index in [1.165, 1.54) is 32.2 Å². The maximum absolute atomic E-state index is 3.63. The highest BCUT2D eigenvalue weighted by atomic mass is 14.9. The second-order valence-electron chi connectivity index (χ2n) is 7.76. The van der Waals surface area contributed by atoms with Gasteiger partial charge in [0.05, 0.1) is 0 Å². The van der Waals surface area contributed by atoms with E-state index in [2.05, 4.69) is 46.9 Å². The molecule has 3 unspecified atom stereocenters. The summed E-state index contributed by atoms with van der Waals surface area (Å²) in [5, 5.41) is 3.63. The Morgan fingerprint density at radius 3 is 2.06 bits per heavy atom. The van der Waals surface area contributed by atoms with Crippen molar-refractivity contribution >= 4 is 0 Å². The topological polar surface area (TPSA) is 12.0 Å². The van der Waals surface area contributed by atoms with Crippen molar-refractivity contribution in [3.63, 3.8) is 0 Å². The van der Waals surface area contributed by atoms with E-state index in [0.29, 0.717) is 0 Å². The minimum absolute atomic E-state index is 0.265. The highest BCUT2D eigenvalue weighted by Crippen LogP contribution is 2.36. The van der Waals surface area contributed by atoms with Gasteiger partial charge >= 0.3 is 0 Å². The molecule has 17 heavy (non-hydrogen) atoms. The summed E-state index contributed by atoms with van der Waals surface area (Å²) in [6, 6.07) is 0. The summed E-state index contributed by atoms with van der Waals surface area (Å²) in [6.45, 7) is 15.2. The molecule has 1 fully saturated rings. The molecule has 0 bridgehead atoms. The molecule has 0 aromatic carbocycles. The molecular weight excluding hydrogens is 206 g/mol. The number of rotatable bonds is 4. The van der Waals surface area contributed by atoms with Crippen LogP contribution in [0.4, 0.5) is 0 Å². The fraction of sp³-hybridized carbons (Fsp3) is 1.00. The van der Waals surface area contributed by atoms with Crippen molar-refractivity contribution in [1.29, 1.82) is 0 Å². The third kappa shape index (κ3) is 6.45. The first-order valence-corrected chi connectivity index (χ1v) is 7.51. The lowest BCUT2D eigenvalue weighted by Crippen LogP contribution is -2.39. The molecule has 0 radical (unpaired) electrons. The van der Waals surface area contributed by atoms with E-state index in [9.17, 15) is 0 Å². The van der Waals surface area contributed by atoms with Gasteiger partial charge in [0.25, 0.3) is 0 Å². The van der Waals surface area contributed by atoms with Gasteiger partial charge in [-0.05, 0) is 76.7 Å². The van der Waals surface area contributed by atoms with Gasteiger partial charge in [0, 0.05) is 5.54 Å². The molecule has 1 aliphatic carbocycles. The van der Waals surface area contributed by atoms with Crippen LogP contribution in [0.2, 0.25) is 0 Å². The molecule has 0 aliphatic heterocycles. The van der Waals surface area contributed by atoms with Crippen molar-refractivity contribution in [3.8, 4) is 0 Å². The Hall–Kier alpha value is -0.0400. The van der Waals surface area contributed by atoms with Crippen LogP contribution in [0.15, 0.2) is 0 Å². The molecule has 0 heterocycles. The molecule has 102 valence electrons. The average Bonchev–Trinajstić information content (AvgIpc) is 2.11. The van der Waals surface area contributed by atoms with Crippen LogP contribution in [0.25, 0.3) is 0 Å². The predicted octanol–water partition coefficient (Wildman–Crippen LogP) is 4.47. The molecule has 0 aromatic rings. The van der Waals surface area contributed by atoms with Crippen LogP contribution in [0, 0.1) is 23.7 Å². The highest BCUT2D eigenvalue weighted by Gasteiger charge is 2.25. The summed E-state index contributed by atoms with van der Waals surface area (Å²) in [6.07, 6.45) is 5.79. The zero-order chi connectivity index (χ0) is 13.1. The Balaban J connectivity index is 2.28. The summed E-state index contributed by atoms with van der Waals surface area (Å²) in [5.74, 6) is 3.69. The van der Waals surface area contributed by atoms with Gasteiger partial charge in [0.1, 0.15) is 0 Å². The van der Waals surface area contributed by atoms with E-state index < -0.39 is 0 Å². The fourth-order valence-corrected chi connectivity index (χ4v) is 3.44. The monoisotopic (exact) mass is 239 g/mol. The SMILES string of the molecule is CC(CNC(C)(C)C)CC1CC(C)CC(C)C1. The Morgan fingerprint density at radius 1 is 1.06 bits per heavy atom. The van der Waals surface area contributed by atoms with Crippen LogP contribution in [-0.2, 0) is 0 Å². The smallest absolute Gasteiger partial charge is 0.00966 e. The first-order valence-electron chi connectivity index (χ1n) is 7.51. The Bertz CT molecular complexity index is 206. The second-order valence-corrected chi connectivity index (χ2v) is 7.76. The molecule has 1 saturated carbocycles. The largest absolute Gasteiger partial charge is 0.312 e. The maximum atomic E-state index is 3.63. The summed E-state index contributed by atoms with van der Waals surface area (Å²) in [4.78, 5) is 0. The van der Waals surface area contributed by atoms with E-state index in [1.807, 2.05) is 0 Å². The van der Waals surface area contributed by atoms with Crippen molar-refractivity contribution in [2.75, 3.05) is 6.54 Å². The molecule has 1 heteroatoms. The number of hydrogen-bond donors (Lipinski definition) is 1. The molecule has 1 N–H and O–H groups in total. The molecule has 0 saturated heterocycles. The summed E-state index contributed by atoms with van der Waals surface area (Å²) in [7, 11) is 0. The van der Waals surface area contributed by atoms with E-state index in [-0.39, 0.29) is 5.54 Å². The lowest BCUT2D eigenvalue weighted by molar-refractivity contribution is 0.188. The lowest BCUT2D eigenvalue weighted by atomic mass is 9.74. The van der Waals surface area contributed by atoms with Crippen LogP contribution in [0.5, 0.6) is 0 Å². The molecule has 1 rings (SSSR count). The average molecular weight is 239 g/mol. The van der Waals surface area contributed by atoms with E-state index in [4.69, 9.17) is 0 Å². The molecule has 1 aliphatic rings. The normalized spacial score (nSPS) is 32.5. The Morgan fingerprint density at radius 2 is 1.59 bits per heavy atom. The van der Waals surface area contributed by atoms with Crippen LogP contribution >= 0.6 is 0 Å². The second kappa shape index (κ2) is 6.22. The minimum atomic E-state index is 0.265. The van der Waals surface area contributed by atoms with Crippen molar-refractivity contribution in [2.24, 2.45) is 23.7 Å². The minimum Gasteiger partial charge on any atom is -0.312 e. The zero-order valence-corrected chi connectivity index (χ0v) is 12.8. The van der Waals surface area contributed by atoms with Crippen LogP contribution < -0.4 is 5.32 Å². The first-order chi connectivity index (χ1) is 7.76. The maximum Gasteiger partial charge on any atom is 0.00966 e. The molecule has 3 atom stereocenters. The molecule has 0 amide bonds. The fourth-order valence-electron chi connectivity index (χ4n) is 3.44. The lowest BCUT2D eigenvalue weighted by Gasteiger charge is -2.33. The standard InChI is InChI=1S/C16H33N/c1-12-7-13(2)9-15(8-12)10-14(3)11-17-16(4,5)6/h12-15,17H,7-11H2,1-6H3. The van der Waals surface area contributed by atoms with Gasteiger partial charge in [0.15, 0.2) is 0 Å². The van der Waals surface area contributed by atoms with Crippen molar-refractivity contribution in [2.45, 2.75) is 72.8 Å². The Labute approximate surface area is 109 Å². The molecule has 1 nitrogen and oxygen atoms in total. The summed E-state index contributed by atoms with van der Waals surface area (Å²) >= 11 is 0.